The lowest BCUT2D eigenvalue weighted by molar-refractivity contribution is -0.144. The second kappa shape index (κ2) is 13.9. The fourth-order valence-corrected chi connectivity index (χ4v) is 0.636. The maximum absolute atomic E-state index is 10.3. The predicted octanol–water partition coefficient (Wildman–Crippen LogP) is 2.70. The van der Waals surface area contributed by atoms with Crippen molar-refractivity contribution >= 4 is 11.9 Å². The molecule has 96 valence electrons. The summed E-state index contributed by atoms with van der Waals surface area (Å²) in [5.74, 6) is -0.210. The minimum atomic E-state index is -0.105. The van der Waals surface area contributed by atoms with Crippen LogP contribution < -0.4 is 0 Å². The van der Waals surface area contributed by atoms with Crippen LogP contribution in [-0.4, -0.2) is 25.2 Å². The lowest BCUT2D eigenvalue weighted by atomic mass is 10.5. The van der Waals surface area contributed by atoms with Crippen molar-refractivity contribution in [2.75, 3.05) is 13.2 Å². The van der Waals surface area contributed by atoms with E-state index < -0.39 is 0 Å². The summed E-state index contributed by atoms with van der Waals surface area (Å²) in [5.41, 5.74) is 0. The molecule has 4 heteroatoms. The highest BCUT2D eigenvalue weighted by Gasteiger charge is 1.93. The predicted molar refractivity (Wildman–Crippen MR) is 63.1 cm³/mol. The van der Waals surface area contributed by atoms with E-state index in [1.165, 1.54) is 0 Å². The molecule has 0 fully saturated rings. The molecule has 16 heavy (non-hydrogen) atoms. The maximum atomic E-state index is 10.3. The topological polar surface area (TPSA) is 52.6 Å². The van der Waals surface area contributed by atoms with Crippen molar-refractivity contribution in [1.29, 1.82) is 0 Å². The van der Waals surface area contributed by atoms with Gasteiger partial charge in [-0.15, -0.1) is 0 Å². The maximum Gasteiger partial charge on any atom is 0.305 e. The van der Waals surface area contributed by atoms with E-state index in [2.05, 4.69) is 0 Å². The highest BCUT2D eigenvalue weighted by Crippen LogP contribution is 1.85. The largest absolute Gasteiger partial charge is 0.466 e. The van der Waals surface area contributed by atoms with Gasteiger partial charge in [-0.25, -0.2) is 0 Å². The summed E-state index contributed by atoms with van der Waals surface area (Å²) in [4.78, 5) is 20.7. The van der Waals surface area contributed by atoms with Crippen LogP contribution in [0, 0.1) is 0 Å². The van der Waals surface area contributed by atoms with Gasteiger partial charge in [0.05, 0.1) is 13.2 Å². The van der Waals surface area contributed by atoms with Crippen LogP contribution in [0.25, 0.3) is 0 Å². The highest BCUT2D eigenvalue weighted by atomic mass is 16.5. The Hall–Kier alpha value is -1.06. The van der Waals surface area contributed by atoms with Crippen molar-refractivity contribution in [3.8, 4) is 0 Å². The van der Waals surface area contributed by atoms with E-state index in [9.17, 15) is 9.59 Å². The van der Waals surface area contributed by atoms with E-state index in [1.807, 2.05) is 13.8 Å². The lowest BCUT2D eigenvalue weighted by Crippen LogP contribution is -2.02. The molecule has 0 N–H and O–H groups in total. The standard InChI is InChI=1S/2C6H12O2/c2*1-3-5-8-6(7)4-2/h2*3-5H2,1-2H3. The van der Waals surface area contributed by atoms with Gasteiger partial charge in [-0.1, -0.05) is 27.7 Å². The van der Waals surface area contributed by atoms with Crippen molar-refractivity contribution in [2.24, 2.45) is 0 Å². The molecule has 0 unspecified atom stereocenters. The normalized spacial score (nSPS) is 8.75. The highest BCUT2D eigenvalue weighted by molar-refractivity contribution is 5.69. The summed E-state index contributed by atoms with van der Waals surface area (Å²) in [6.07, 6.45) is 2.79. The molecular weight excluding hydrogens is 208 g/mol. The van der Waals surface area contributed by atoms with Crippen LogP contribution in [0.2, 0.25) is 0 Å². The van der Waals surface area contributed by atoms with Crippen LogP contribution in [0.15, 0.2) is 0 Å². The molecule has 0 aliphatic carbocycles. The summed E-state index contributed by atoms with van der Waals surface area (Å²) in [6.45, 7) is 8.65. The number of ether oxygens (including phenoxy) is 2. The van der Waals surface area contributed by atoms with Crippen LogP contribution in [0.3, 0.4) is 0 Å². The zero-order valence-electron chi connectivity index (χ0n) is 10.9. The molecule has 0 aromatic heterocycles. The van der Waals surface area contributed by atoms with E-state index in [-0.39, 0.29) is 11.9 Å². The quantitative estimate of drug-likeness (QED) is 0.661. The Kier molecular flexibility index (Phi) is 15.1. The van der Waals surface area contributed by atoms with Crippen LogP contribution in [-0.2, 0) is 19.1 Å². The third kappa shape index (κ3) is 15.4. The number of rotatable bonds is 6. The number of carbonyl (C=O) groups excluding carboxylic acids is 2. The first-order valence-corrected chi connectivity index (χ1v) is 5.93. The molecule has 0 heterocycles. The molecular formula is C12H24O4. The van der Waals surface area contributed by atoms with Gasteiger partial charge in [0.15, 0.2) is 0 Å². The monoisotopic (exact) mass is 232 g/mol. The fraction of sp³-hybridized carbons (Fsp3) is 0.833. The number of hydrogen-bond donors (Lipinski definition) is 0. The molecule has 0 radical (unpaired) electrons. The zero-order chi connectivity index (χ0) is 12.8. The Bertz CT molecular complexity index is 158. The molecule has 0 saturated heterocycles. The first-order valence-electron chi connectivity index (χ1n) is 5.93. The van der Waals surface area contributed by atoms with Gasteiger partial charge in [0, 0.05) is 12.8 Å². The van der Waals surface area contributed by atoms with Gasteiger partial charge in [0.2, 0.25) is 0 Å². The van der Waals surface area contributed by atoms with Crippen LogP contribution in [0.5, 0.6) is 0 Å². The molecule has 0 rings (SSSR count). The molecule has 0 atom stereocenters. The molecule has 0 aromatic carbocycles. The molecule has 0 aliphatic heterocycles. The van der Waals surface area contributed by atoms with Gasteiger partial charge in [-0.3, -0.25) is 9.59 Å². The summed E-state index contributed by atoms with van der Waals surface area (Å²) in [5, 5.41) is 0. The minimum Gasteiger partial charge on any atom is -0.466 e. The molecule has 4 nitrogen and oxygen atoms in total. The first-order chi connectivity index (χ1) is 7.62. The first kappa shape index (κ1) is 17.3. The van der Waals surface area contributed by atoms with Gasteiger partial charge < -0.3 is 9.47 Å². The van der Waals surface area contributed by atoms with E-state index >= 15 is 0 Å². The van der Waals surface area contributed by atoms with Crippen molar-refractivity contribution in [1.82, 2.24) is 0 Å². The Morgan fingerprint density at radius 2 is 1.06 bits per heavy atom. The second-order valence-corrected chi connectivity index (χ2v) is 3.15. The van der Waals surface area contributed by atoms with Crippen LogP contribution >= 0.6 is 0 Å². The minimum absolute atomic E-state index is 0.105. The molecule has 0 amide bonds. The Balaban J connectivity index is 0. The number of esters is 2. The Labute approximate surface area is 98.3 Å². The fourth-order valence-electron chi connectivity index (χ4n) is 0.636. The molecule has 0 bridgehead atoms. The van der Waals surface area contributed by atoms with Crippen LogP contribution in [0.1, 0.15) is 53.4 Å². The van der Waals surface area contributed by atoms with Crippen LogP contribution in [0.4, 0.5) is 0 Å². The third-order valence-corrected chi connectivity index (χ3v) is 1.51. The summed E-state index contributed by atoms with van der Waals surface area (Å²) in [6, 6.07) is 0. The van der Waals surface area contributed by atoms with E-state index in [4.69, 9.17) is 9.47 Å². The van der Waals surface area contributed by atoms with Gasteiger partial charge >= 0.3 is 11.9 Å². The van der Waals surface area contributed by atoms with Gasteiger partial charge in [-0.2, -0.15) is 0 Å². The average molecular weight is 232 g/mol. The Morgan fingerprint density at radius 1 is 0.750 bits per heavy atom. The lowest BCUT2D eigenvalue weighted by Gasteiger charge is -1.97. The van der Waals surface area contributed by atoms with Gasteiger partial charge in [0.1, 0.15) is 0 Å². The Morgan fingerprint density at radius 3 is 1.25 bits per heavy atom. The van der Waals surface area contributed by atoms with E-state index in [0.717, 1.165) is 12.8 Å². The number of carbonyl (C=O) groups is 2. The number of hydrogen-bond acceptors (Lipinski definition) is 4. The second-order valence-electron chi connectivity index (χ2n) is 3.15. The summed E-state index contributed by atoms with van der Waals surface area (Å²) >= 11 is 0. The third-order valence-electron chi connectivity index (χ3n) is 1.51. The van der Waals surface area contributed by atoms with Crippen molar-refractivity contribution in [3.05, 3.63) is 0 Å². The van der Waals surface area contributed by atoms with Crippen molar-refractivity contribution in [3.63, 3.8) is 0 Å². The van der Waals surface area contributed by atoms with Gasteiger partial charge in [0.25, 0.3) is 0 Å². The molecule has 0 saturated carbocycles. The zero-order valence-corrected chi connectivity index (χ0v) is 10.9. The SMILES string of the molecule is CCCOC(=O)CC.CCCOC(=O)CC. The van der Waals surface area contributed by atoms with Crippen molar-refractivity contribution in [2.45, 2.75) is 53.4 Å². The van der Waals surface area contributed by atoms with E-state index in [1.54, 1.807) is 13.8 Å². The van der Waals surface area contributed by atoms with E-state index in [0.29, 0.717) is 26.1 Å². The molecule has 0 spiro atoms. The van der Waals surface area contributed by atoms with Crippen molar-refractivity contribution < 1.29 is 19.1 Å². The summed E-state index contributed by atoms with van der Waals surface area (Å²) < 4.78 is 9.40. The average Bonchev–Trinajstić information content (AvgIpc) is 2.33. The van der Waals surface area contributed by atoms with Gasteiger partial charge in [-0.05, 0) is 12.8 Å². The smallest absolute Gasteiger partial charge is 0.305 e. The summed E-state index contributed by atoms with van der Waals surface area (Å²) in [7, 11) is 0. The molecule has 0 aliphatic rings. The molecule has 0 aromatic rings.